The van der Waals surface area contributed by atoms with Gasteiger partial charge in [0.2, 0.25) is 0 Å². The maximum Gasteiger partial charge on any atom is 0.126 e. The van der Waals surface area contributed by atoms with Gasteiger partial charge in [-0.3, -0.25) is 0 Å². The van der Waals surface area contributed by atoms with Gasteiger partial charge >= 0.3 is 0 Å². The van der Waals surface area contributed by atoms with E-state index in [0.717, 1.165) is 27.6 Å². The van der Waals surface area contributed by atoms with E-state index >= 15 is 0 Å². The van der Waals surface area contributed by atoms with Crippen molar-refractivity contribution < 1.29 is 4.74 Å². The van der Waals surface area contributed by atoms with Gasteiger partial charge in [-0.05, 0) is 40.6 Å². The van der Waals surface area contributed by atoms with Crippen LogP contribution in [0.15, 0.2) is 60.7 Å². The summed E-state index contributed by atoms with van der Waals surface area (Å²) in [6.07, 6.45) is 1.84. The van der Waals surface area contributed by atoms with Crippen LogP contribution < -0.4 is 4.74 Å². The molecule has 0 radical (unpaired) electrons. The number of rotatable bonds is 3. The molecule has 0 aliphatic carbocycles. The molecule has 3 nitrogen and oxygen atoms in total. The summed E-state index contributed by atoms with van der Waals surface area (Å²) in [4.78, 5) is 0. The van der Waals surface area contributed by atoms with Crippen molar-refractivity contribution in [3.8, 4) is 17.9 Å². The molecule has 3 rings (SSSR count). The molecule has 114 valence electrons. The lowest BCUT2D eigenvalue weighted by Crippen LogP contribution is -1.90. The molecule has 0 heterocycles. The molecule has 0 bridgehead atoms. The molecule has 3 aromatic carbocycles. The first-order valence-corrected chi connectivity index (χ1v) is 7.45. The van der Waals surface area contributed by atoms with Gasteiger partial charge in [-0.2, -0.15) is 10.5 Å². The molecule has 0 N–H and O–H groups in total. The smallest absolute Gasteiger partial charge is 0.126 e. The summed E-state index contributed by atoms with van der Waals surface area (Å²) in [5, 5.41) is 20.6. The van der Waals surface area contributed by atoms with Crippen molar-refractivity contribution in [2.24, 2.45) is 0 Å². The number of nitrogens with zero attached hydrogens (tertiary/aromatic N) is 2. The Morgan fingerprint density at radius 2 is 1.71 bits per heavy atom. The van der Waals surface area contributed by atoms with E-state index < -0.39 is 0 Å². The Balaban J connectivity index is 2.19. The van der Waals surface area contributed by atoms with Crippen LogP contribution in [0.3, 0.4) is 0 Å². The van der Waals surface area contributed by atoms with Crippen LogP contribution in [0.4, 0.5) is 0 Å². The van der Waals surface area contributed by atoms with Gasteiger partial charge in [0.05, 0.1) is 30.4 Å². The van der Waals surface area contributed by atoms with E-state index in [1.807, 2.05) is 42.5 Å². The SMILES string of the molecule is COc1ccc2ccccc2c1C=C(C#N)c1ccc(C#N)cc1. The van der Waals surface area contributed by atoms with Gasteiger partial charge in [0.15, 0.2) is 0 Å². The van der Waals surface area contributed by atoms with Crippen molar-refractivity contribution in [1.82, 2.24) is 0 Å². The zero-order valence-electron chi connectivity index (χ0n) is 13.2. The molecular formula is C21H14N2O. The van der Waals surface area contributed by atoms with Gasteiger partial charge in [0.1, 0.15) is 5.75 Å². The van der Waals surface area contributed by atoms with Gasteiger partial charge < -0.3 is 4.74 Å². The summed E-state index contributed by atoms with van der Waals surface area (Å²) >= 11 is 0. The first-order chi connectivity index (χ1) is 11.8. The van der Waals surface area contributed by atoms with Crippen LogP contribution in [0.2, 0.25) is 0 Å². The zero-order chi connectivity index (χ0) is 16.9. The lowest BCUT2D eigenvalue weighted by atomic mass is 9.98. The number of allylic oxidation sites excluding steroid dienone is 1. The number of hydrogen-bond donors (Lipinski definition) is 0. The summed E-state index contributed by atoms with van der Waals surface area (Å²) in [5.41, 5.74) is 2.73. The Bertz CT molecular complexity index is 1000. The fourth-order valence-corrected chi connectivity index (χ4v) is 2.65. The van der Waals surface area contributed by atoms with Crippen molar-refractivity contribution in [2.45, 2.75) is 0 Å². The minimum absolute atomic E-state index is 0.522. The predicted molar refractivity (Wildman–Crippen MR) is 95.1 cm³/mol. The van der Waals surface area contributed by atoms with E-state index in [4.69, 9.17) is 10.00 Å². The summed E-state index contributed by atoms with van der Waals surface area (Å²) in [6.45, 7) is 0. The van der Waals surface area contributed by atoms with E-state index in [1.165, 1.54) is 0 Å². The van der Waals surface area contributed by atoms with E-state index in [0.29, 0.717) is 11.1 Å². The highest BCUT2D eigenvalue weighted by Gasteiger charge is 2.09. The fraction of sp³-hybridized carbons (Fsp3) is 0.0476. The Morgan fingerprint density at radius 3 is 2.38 bits per heavy atom. The Kier molecular flexibility index (Phi) is 4.27. The van der Waals surface area contributed by atoms with Crippen LogP contribution in [-0.2, 0) is 0 Å². The van der Waals surface area contributed by atoms with Gasteiger partial charge in [-0.1, -0.05) is 42.5 Å². The highest BCUT2D eigenvalue weighted by atomic mass is 16.5. The third-order valence-corrected chi connectivity index (χ3v) is 3.88. The molecule has 24 heavy (non-hydrogen) atoms. The molecule has 0 saturated carbocycles. The molecule has 0 saturated heterocycles. The van der Waals surface area contributed by atoms with Crippen LogP contribution in [-0.4, -0.2) is 7.11 Å². The van der Waals surface area contributed by atoms with Gasteiger partial charge in [0.25, 0.3) is 0 Å². The molecule has 0 atom stereocenters. The zero-order valence-corrected chi connectivity index (χ0v) is 13.2. The molecule has 0 amide bonds. The first kappa shape index (κ1) is 15.3. The highest BCUT2D eigenvalue weighted by molar-refractivity contribution is 6.00. The van der Waals surface area contributed by atoms with Crippen molar-refractivity contribution in [3.05, 3.63) is 77.4 Å². The molecule has 0 aromatic heterocycles. The number of nitriles is 2. The maximum absolute atomic E-state index is 9.58. The normalized spacial score (nSPS) is 10.9. The van der Waals surface area contributed by atoms with Crippen molar-refractivity contribution in [3.63, 3.8) is 0 Å². The van der Waals surface area contributed by atoms with E-state index in [2.05, 4.69) is 12.1 Å². The van der Waals surface area contributed by atoms with Crippen LogP contribution in [0.25, 0.3) is 22.4 Å². The number of benzene rings is 3. The van der Waals surface area contributed by atoms with E-state index in [9.17, 15) is 5.26 Å². The average Bonchev–Trinajstić information content (AvgIpc) is 2.66. The fourth-order valence-electron chi connectivity index (χ4n) is 2.65. The largest absolute Gasteiger partial charge is 0.496 e. The second kappa shape index (κ2) is 6.69. The number of fused-ring (bicyclic) bond motifs is 1. The van der Waals surface area contributed by atoms with E-state index in [-0.39, 0.29) is 0 Å². The van der Waals surface area contributed by atoms with Crippen molar-refractivity contribution in [2.75, 3.05) is 7.11 Å². The number of hydrogen-bond acceptors (Lipinski definition) is 3. The predicted octanol–water partition coefficient (Wildman–Crippen LogP) is 4.78. The highest BCUT2D eigenvalue weighted by Crippen LogP contribution is 2.31. The molecule has 3 aromatic rings. The maximum atomic E-state index is 9.58. The molecule has 0 aliphatic heterocycles. The third kappa shape index (κ3) is 2.84. The average molecular weight is 310 g/mol. The number of methoxy groups -OCH3 is 1. The summed E-state index contributed by atoms with van der Waals surface area (Å²) < 4.78 is 5.47. The van der Waals surface area contributed by atoms with Gasteiger partial charge in [-0.15, -0.1) is 0 Å². The quantitative estimate of drug-likeness (QED) is 0.516. The lowest BCUT2D eigenvalue weighted by molar-refractivity contribution is 0.414. The topological polar surface area (TPSA) is 56.8 Å². The number of ether oxygens (including phenoxy) is 1. The summed E-state index contributed by atoms with van der Waals surface area (Å²) in [6, 6.07) is 23.2. The summed E-state index contributed by atoms with van der Waals surface area (Å²) in [5.74, 6) is 0.718. The second-order valence-electron chi connectivity index (χ2n) is 5.26. The molecule has 0 unspecified atom stereocenters. The van der Waals surface area contributed by atoms with Crippen molar-refractivity contribution >= 4 is 22.4 Å². The van der Waals surface area contributed by atoms with E-state index in [1.54, 1.807) is 31.4 Å². The molecular weight excluding hydrogens is 296 g/mol. The lowest BCUT2D eigenvalue weighted by Gasteiger charge is -2.10. The molecule has 0 aliphatic rings. The minimum Gasteiger partial charge on any atom is -0.496 e. The van der Waals surface area contributed by atoms with Gasteiger partial charge in [-0.25, -0.2) is 0 Å². The third-order valence-electron chi connectivity index (χ3n) is 3.88. The Labute approximate surface area is 140 Å². The van der Waals surface area contributed by atoms with Crippen LogP contribution in [0, 0.1) is 22.7 Å². The van der Waals surface area contributed by atoms with Crippen LogP contribution in [0.1, 0.15) is 16.7 Å². The first-order valence-electron chi connectivity index (χ1n) is 7.45. The summed E-state index contributed by atoms with van der Waals surface area (Å²) in [7, 11) is 1.62. The van der Waals surface area contributed by atoms with Crippen LogP contribution >= 0.6 is 0 Å². The second-order valence-corrected chi connectivity index (χ2v) is 5.26. The minimum atomic E-state index is 0.522. The molecule has 0 spiro atoms. The standard InChI is InChI=1S/C21H14N2O/c1-24-21-11-10-17-4-2-3-5-19(17)20(21)12-18(14-23)16-8-6-15(13-22)7-9-16/h2-12H,1H3. The Morgan fingerprint density at radius 1 is 0.958 bits per heavy atom. The van der Waals surface area contributed by atoms with Crippen LogP contribution in [0.5, 0.6) is 5.75 Å². The Hall–Kier alpha value is -3.56. The molecule has 0 fully saturated rings. The molecule has 3 heteroatoms. The van der Waals surface area contributed by atoms with Gasteiger partial charge in [0, 0.05) is 5.56 Å². The van der Waals surface area contributed by atoms with Crippen molar-refractivity contribution in [1.29, 1.82) is 10.5 Å². The monoisotopic (exact) mass is 310 g/mol.